The normalized spacial score (nSPS) is 11.2. The maximum Gasteiger partial charge on any atom is 0.268 e. The summed E-state index contributed by atoms with van der Waals surface area (Å²) in [5.74, 6) is -1.06. The third-order valence-electron chi connectivity index (χ3n) is 4.02. The minimum Gasteiger partial charge on any atom is -0.467 e. The van der Waals surface area contributed by atoms with Crippen LogP contribution in [0.5, 0.6) is 0 Å². The summed E-state index contributed by atoms with van der Waals surface area (Å²) in [6, 6.07) is 10.1. The first-order valence-electron chi connectivity index (χ1n) is 7.92. The van der Waals surface area contributed by atoms with E-state index in [1.165, 1.54) is 24.7 Å². The number of fused-ring (bicyclic) bond motifs is 1. The summed E-state index contributed by atoms with van der Waals surface area (Å²) in [6.07, 6.45) is 3.02. The van der Waals surface area contributed by atoms with Gasteiger partial charge in [-0.2, -0.15) is 0 Å². The van der Waals surface area contributed by atoms with Gasteiger partial charge in [-0.3, -0.25) is 4.79 Å². The van der Waals surface area contributed by atoms with E-state index in [4.69, 9.17) is 8.83 Å². The largest absolute Gasteiger partial charge is 0.467 e. The Morgan fingerprint density at radius 2 is 1.85 bits per heavy atom. The van der Waals surface area contributed by atoms with Crippen LogP contribution >= 0.6 is 0 Å². The molecule has 5 nitrogen and oxygen atoms in total. The van der Waals surface area contributed by atoms with Crippen molar-refractivity contribution in [2.45, 2.75) is 13.1 Å². The number of aromatic nitrogens is 1. The van der Waals surface area contributed by atoms with Crippen molar-refractivity contribution in [1.29, 1.82) is 0 Å². The van der Waals surface area contributed by atoms with E-state index >= 15 is 0 Å². The van der Waals surface area contributed by atoms with Crippen molar-refractivity contribution in [3.05, 3.63) is 83.6 Å². The molecule has 3 aromatic heterocycles. The molecule has 0 fully saturated rings. The summed E-state index contributed by atoms with van der Waals surface area (Å²) in [5, 5.41) is 2.76. The van der Waals surface area contributed by atoms with E-state index in [2.05, 4.69) is 5.32 Å². The summed E-state index contributed by atoms with van der Waals surface area (Å²) >= 11 is 0. The number of hydrogen-bond donors (Lipinski definition) is 1. The van der Waals surface area contributed by atoms with E-state index in [-0.39, 0.29) is 19.0 Å². The molecule has 3 heterocycles. The molecule has 1 aromatic carbocycles. The van der Waals surface area contributed by atoms with E-state index in [0.717, 1.165) is 6.07 Å². The molecule has 0 aliphatic heterocycles. The molecule has 0 aliphatic rings. The molecular weight excluding hydrogens is 342 g/mol. The number of carbonyl (C=O) groups excluding carboxylic acids is 1. The topological polar surface area (TPSA) is 60.3 Å². The summed E-state index contributed by atoms with van der Waals surface area (Å²) in [6.45, 7) is 0.355. The number of benzene rings is 1. The van der Waals surface area contributed by atoms with Crippen LogP contribution < -0.4 is 5.32 Å². The summed E-state index contributed by atoms with van der Waals surface area (Å²) in [7, 11) is 0. The van der Waals surface area contributed by atoms with Crippen LogP contribution in [0.25, 0.3) is 11.1 Å². The van der Waals surface area contributed by atoms with Gasteiger partial charge in [-0.25, -0.2) is 8.78 Å². The number of furan rings is 2. The van der Waals surface area contributed by atoms with Crippen molar-refractivity contribution in [1.82, 2.24) is 9.88 Å². The van der Waals surface area contributed by atoms with E-state index in [1.54, 1.807) is 28.8 Å². The first-order valence-corrected chi connectivity index (χ1v) is 7.92. The molecule has 1 N–H and O–H groups in total. The first kappa shape index (κ1) is 16.1. The highest BCUT2D eigenvalue weighted by Gasteiger charge is 2.18. The second-order valence-corrected chi connectivity index (χ2v) is 5.83. The van der Waals surface area contributed by atoms with Gasteiger partial charge >= 0.3 is 0 Å². The number of rotatable bonds is 5. The maximum absolute atomic E-state index is 13.5. The van der Waals surface area contributed by atoms with Gasteiger partial charge in [-0.15, -0.1) is 0 Å². The van der Waals surface area contributed by atoms with Gasteiger partial charge in [0.1, 0.15) is 23.1 Å². The summed E-state index contributed by atoms with van der Waals surface area (Å²) in [5.41, 5.74) is 1.92. The fourth-order valence-corrected chi connectivity index (χ4v) is 2.89. The number of amides is 1. The molecule has 0 saturated heterocycles. The highest BCUT2D eigenvalue weighted by molar-refractivity contribution is 5.97. The van der Waals surface area contributed by atoms with Gasteiger partial charge in [0.2, 0.25) is 0 Å². The molecule has 7 heteroatoms. The highest BCUT2D eigenvalue weighted by Crippen LogP contribution is 2.23. The lowest BCUT2D eigenvalue weighted by molar-refractivity contribution is 0.0939. The Bertz CT molecular complexity index is 1040. The van der Waals surface area contributed by atoms with Crippen molar-refractivity contribution < 1.29 is 22.4 Å². The average molecular weight is 356 g/mol. The van der Waals surface area contributed by atoms with Crippen LogP contribution in [0.4, 0.5) is 8.78 Å². The molecule has 1 amide bonds. The zero-order valence-corrected chi connectivity index (χ0v) is 13.5. The van der Waals surface area contributed by atoms with Gasteiger partial charge in [0.05, 0.1) is 24.6 Å². The minimum absolute atomic E-state index is 0.126. The van der Waals surface area contributed by atoms with Gasteiger partial charge in [0.25, 0.3) is 5.91 Å². The van der Waals surface area contributed by atoms with Crippen LogP contribution in [-0.4, -0.2) is 10.5 Å². The Labute approximate surface area is 146 Å². The van der Waals surface area contributed by atoms with E-state index in [1.807, 2.05) is 0 Å². The monoisotopic (exact) mass is 356 g/mol. The zero-order chi connectivity index (χ0) is 18.1. The smallest absolute Gasteiger partial charge is 0.268 e. The van der Waals surface area contributed by atoms with Crippen LogP contribution in [0, 0.1) is 11.6 Å². The summed E-state index contributed by atoms with van der Waals surface area (Å²) in [4.78, 5) is 12.6. The standard InChI is InChI=1S/C19H14F2N2O3/c20-13-6-12(7-14(21)8-13)11-23-16-3-5-26-18(16)9-17(23)19(24)22-10-15-2-1-4-25-15/h1-9H,10-11H2,(H,22,24). The molecule has 4 aromatic rings. The molecule has 0 unspecified atom stereocenters. The molecule has 0 spiro atoms. The molecular formula is C19H14F2N2O3. The Hall–Kier alpha value is -3.35. The molecule has 26 heavy (non-hydrogen) atoms. The summed E-state index contributed by atoms with van der Waals surface area (Å²) < 4.78 is 39.2. The lowest BCUT2D eigenvalue weighted by atomic mass is 10.2. The van der Waals surface area contributed by atoms with Crippen molar-refractivity contribution in [3.63, 3.8) is 0 Å². The van der Waals surface area contributed by atoms with Crippen LogP contribution in [0.15, 0.2) is 63.8 Å². The third kappa shape index (κ3) is 3.11. The Morgan fingerprint density at radius 3 is 2.58 bits per heavy atom. The Balaban J connectivity index is 1.65. The predicted molar refractivity (Wildman–Crippen MR) is 89.5 cm³/mol. The fraction of sp³-hybridized carbons (Fsp3) is 0.105. The van der Waals surface area contributed by atoms with Gasteiger partial charge in [-0.05, 0) is 29.8 Å². The minimum atomic E-state index is -0.667. The number of nitrogens with zero attached hydrogens (tertiary/aromatic N) is 1. The maximum atomic E-state index is 13.5. The van der Waals surface area contributed by atoms with Crippen molar-refractivity contribution >= 4 is 17.0 Å². The number of halogens is 2. The molecule has 0 saturated carbocycles. The van der Waals surface area contributed by atoms with Gasteiger partial charge < -0.3 is 18.7 Å². The van der Waals surface area contributed by atoms with Crippen molar-refractivity contribution in [2.24, 2.45) is 0 Å². The van der Waals surface area contributed by atoms with E-state index < -0.39 is 11.6 Å². The Morgan fingerprint density at radius 1 is 1.04 bits per heavy atom. The van der Waals surface area contributed by atoms with E-state index in [0.29, 0.717) is 28.1 Å². The average Bonchev–Trinajstić information content (AvgIpc) is 3.30. The van der Waals surface area contributed by atoms with E-state index in [9.17, 15) is 13.6 Å². The van der Waals surface area contributed by atoms with Crippen molar-refractivity contribution in [3.8, 4) is 0 Å². The SMILES string of the molecule is O=C(NCc1ccco1)c1cc2occc2n1Cc1cc(F)cc(F)c1. The number of carbonyl (C=O) groups is 1. The second kappa shape index (κ2) is 6.51. The molecule has 0 aliphatic carbocycles. The van der Waals surface area contributed by atoms with Gasteiger partial charge in [0.15, 0.2) is 5.58 Å². The van der Waals surface area contributed by atoms with Crippen LogP contribution in [0.2, 0.25) is 0 Å². The predicted octanol–water partition coefficient (Wildman–Crippen LogP) is 4.08. The lowest BCUT2D eigenvalue weighted by Gasteiger charge is -2.10. The quantitative estimate of drug-likeness (QED) is 0.586. The van der Waals surface area contributed by atoms with Crippen LogP contribution in [0.1, 0.15) is 21.8 Å². The molecule has 0 atom stereocenters. The molecule has 0 bridgehead atoms. The lowest BCUT2D eigenvalue weighted by Crippen LogP contribution is -2.25. The molecule has 0 radical (unpaired) electrons. The third-order valence-corrected chi connectivity index (χ3v) is 4.02. The van der Waals surface area contributed by atoms with Gasteiger partial charge in [-0.1, -0.05) is 0 Å². The highest BCUT2D eigenvalue weighted by atomic mass is 19.1. The molecule has 4 rings (SSSR count). The number of hydrogen-bond acceptors (Lipinski definition) is 3. The first-order chi connectivity index (χ1) is 12.6. The van der Waals surface area contributed by atoms with Gasteiger partial charge in [0, 0.05) is 24.7 Å². The van der Waals surface area contributed by atoms with Crippen LogP contribution in [0.3, 0.4) is 0 Å². The van der Waals surface area contributed by atoms with Crippen LogP contribution in [-0.2, 0) is 13.1 Å². The molecule has 132 valence electrons. The van der Waals surface area contributed by atoms with Crippen molar-refractivity contribution in [2.75, 3.05) is 0 Å². The zero-order valence-electron chi connectivity index (χ0n) is 13.5. The fourth-order valence-electron chi connectivity index (χ4n) is 2.89. The number of nitrogens with one attached hydrogen (secondary N) is 1. The second-order valence-electron chi connectivity index (χ2n) is 5.83. The Kier molecular flexibility index (Phi) is 4.04.